The maximum absolute atomic E-state index is 10.2. The predicted molar refractivity (Wildman–Crippen MR) is 65.4 cm³/mol. The van der Waals surface area contributed by atoms with E-state index in [9.17, 15) is 4.79 Å². The summed E-state index contributed by atoms with van der Waals surface area (Å²) in [5, 5.41) is 0. The number of aldehydes is 1. The molecule has 0 bridgehead atoms. The fourth-order valence-electron chi connectivity index (χ4n) is 1.37. The topological polar surface area (TPSA) is 35.5 Å². The van der Waals surface area contributed by atoms with E-state index in [0.717, 1.165) is 28.9 Å². The Balaban J connectivity index is 0.00000106. The van der Waals surface area contributed by atoms with Crippen LogP contribution in [0.4, 0.5) is 0 Å². The first-order valence-electron chi connectivity index (χ1n) is 5.40. The molecule has 0 aromatic heterocycles. The summed E-state index contributed by atoms with van der Waals surface area (Å²) in [6.07, 6.45) is 0.739. The molecule has 3 nitrogen and oxygen atoms in total. The number of rotatable bonds is 4. The van der Waals surface area contributed by atoms with Gasteiger partial charge in [-0.15, -0.1) is 0 Å². The van der Waals surface area contributed by atoms with E-state index in [2.05, 4.69) is 0 Å². The molecule has 0 unspecified atom stereocenters. The summed E-state index contributed by atoms with van der Waals surface area (Å²) in [4.78, 5) is 10.2. The van der Waals surface area contributed by atoms with Gasteiger partial charge in [0, 0.05) is 0 Å². The zero-order valence-corrected chi connectivity index (χ0v) is 10.7. The normalized spacial score (nSPS) is 8.81. The Hall–Kier alpha value is -1.51. The molecule has 1 aromatic carbocycles. The molecule has 0 fully saturated rings. The average molecular weight is 224 g/mol. The Kier molecular flexibility index (Phi) is 7.01. The molecule has 0 aliphatic carbocycles. The summed E-state index contributed by atoms with van der Waals surface area (Å²) in [7, 11) is 1.63. The number of methoxy groups -OCH3 is 1. The molecule has 0 amide bonds. The van der Waals surface area contributed by atoms with Crippen LogP contribution in [0.5, 0.6) is 11.5 Å². The highest BCUT2D eigenvalue weighted by Crippen LogP contribution is 2.27. The van der Waals surface area contributed by atoms with Gasteiger partial charge >= 0.3 is 0 Å². The summed E-state index contributed by atoms with van der Waals surface area (Å²) in [5.74, 6) is 1.57. The van der Waals surface area contributed by atoms with Crippen molar-refractivity contribution in [3.8, 4) is 11.5 Å². The Morgan fingerprint density at radius 3 is 2.06 bits per heavy atom. The SMILES string of the molecule is CC.COc1cc(C)c(OCC=O)c(C)c1. The number of hydrogen-bond acceptors (Lipinski definition) is 3. The van der Waals surface area contributed by atoms with Crippen LogP contribution < -0.4 is 9.47 Å². The van der Waals surface area contributed by atoms with Crippen molar-refractivity contribution in [1.29, 1.82) is 0 Å². The van der Waals surface area contributed by atoms with E-state index >= 15 is 0 Å². The van der Waals surface area contributed by atoms with Crippen LogP contribution in [-0.2, 0) is 4.79 Å². The highest BCUT2D eigenvalue weighted by atomic mass is 16.5. The van der Waals surface area contributed by atoms with E-state index in [1.54, 1.807) is 7.11 Å². The zero-order chi connectivity index (χ0) is 12.6. The van der Waals surface area contributed by atoms with Crippen LogP contribution in [0.2, 0.25) is 0 Å². The highest BCUT2D eigenvalue weighted by molar-refractivity contribution is 5.53. The minimum absolute atomic E-state index is 0.0913. The molecule has 0 heterocycles. The van der Waals surface area contributed by atoms with E-state index in [-0.39, 0.29) is 6.61 Å². The van der Waals surface area contributed by atoms with Gasteiger partial charge in [-0.1, -0.05) is 13.8 Å². The molecule has 0 saturated carbocycles. The maximum atomic E-state index is 10.2. The second-order valence-corrected chi connectivity index (χ2v) is 3.07. The van der Waals surface area contributed by atoms with Gasteiger partial charge in [-0.05, 0) is 37.1 Å². The molecule has 0 saturated heterocycles. The van der Waals surface area contributed by atoms with Crippen LogP contribution in [0.25, 0.3) is 0 Å². The van der Waals surface area contributed by atoms with Crippen molar-refractivity contribution in [3.63, 3.8) is 0 Å². The quantitative estimate of drug-likeness (QED) is 0.738. The third-order valence-corrected chi connectivity index (χ3v) is 1.97. The molecule has 0 aliphatic rings. The summed E-state index contributed by atoms with van der Waals surface area (Å²) in [5.41, 5.74) is 1.95. The van der Waals surface area contributed by atoms with Gasteiger partial charge in [-0.2, -0.15) is 0 Å². The van der Waals surface area contributed by atoms with Gasteiger partial charge in [-0.25, -0.2) is 0 Å². The minimum atomic E-state index is 0.0913. The number of carbonyl (C=O) groups excluding carboxylic acids is 1. The lowest BCUT2D eigenvalue weighted by molar-refractivity contribution is -0.109. The first-order valence-corrected chi connectivity index (χ1v) is 5.40. The van der Waals surface area contributed by atoms with E-state index in [1.807, 2.05) is 39.8 Å². The van der Waals surface area contributed by atoms with Crippen LogP contribution in [0, 0.1) is 13.8 Å². The second-order valence-electron chi connectivity index (χ2n) is 3.07. The van der Waals surface area contributed by atoms with E-state index in [1.165, 1.54) is 0 Å². The lowest BCUT2D eigenvalue weighted by Gasteiger charge is -2.11. The summed E-state index contributed by atoms with van der Waals surface area (Å²) in [6, 6.07) is 3.76. The van der Waals surface area contributed by atoms with Crippen LogP contribution >= 0.6 is 0 Å². The summed E-state index contributed by atoms with van der Waals surface area (Å²) < 4.78 is 10.4. The Bertz CT molecular complexity index is 309. The lowest BCUT2D eigenvalue weighted by Crippen LogP contribution is -2.01. The van der Waals surface area contributed by atoms with Crippen molar-refractivity contribution in [2.75, 3.05) is 13.7 Å². The second kappa shape index (κ2) is 7.74. The van der Waals surface area contributed by atoms with E-state index in [4.69, 9.17) is 9.47 Å². The van der Waals surface area contributed by atoms with E-state index < -0.39 is 0 Å². The molecule has 3 heteroatoms. The van der Waals surface area contributed by atoms with Crippen LogP contribution in [0.1, 0.15) is 25.0 Å². The monoisotopic (exact) mass is 224 g/mol. The molecular weight excluding hydrogens is 204 g/mol. The Labute approximate surface area is 97.4 Å². The molecular formula is C13H20O3. The number of aryl methyl sites for hydroxylation is 2. The van der Waals surface area contributed by atoms with Gasteiger partial charge in [-0.3, -0.25) is 4.79 Å². The smallest absolute Gasteiger partial charge is 0.157 e. The predicted octanol–water partition coefficient (Wildman–Crippen LogP) is 2.92. The summed E-state index contributed by atoms with van der Waals surface area (Å²) in [6.45, 7) is 7.94. The Morgan fingerprint density at radius 1 is 1.19 bits per heavy atom. The standard InChI is InChI=1S/C11H14O3.C2H6/c1-8-6-10(13-3)7-9(2)11(8)14-5-4-12;1-2/h4,6-7H,5H2,1-3H3;1-2H3. The van der Waals surface area contributed by atoms with Gasteiger partial charge in [0.2, 0.25) is 0 Å². The zero-order valence-electron chi connectivity index (χ0n) is 10.7. The van der Waals surface area contributed by atoms with Crippen LogP contribution in [0.15, 0.2) is 12.1 Å². The lowest BCUT2D eigenvalue weighted by atomic mass is 10.1. The van der Waals surface area contributed by atoms with Gasteiger partial charge in [0.05, 0.1) is 7.11 Å². The molecule has 0 aliphatic heterocycles. The number of benzene rings is 1. The average Bonchev–Trinajstić information content (AvgIpc) is 2.30. The maximum Gasteiger partial charge on any atom is 0.157 e. The van der Waals surface area contributed by atoms with Crippen molar-refractivity contribution in [1.82, 2.24) is 0 Å². The van der Waals surface area contributed by atoms with Gasteiger partial charge < -0.3 is 9.47 Å². The fraction of sp³-hybridized carbons (Fsp3) is 0.462. The Morgan fingerprint density at radius 2 is 1.69 bits per heavy atom. The minimum Gasteiger partial charge on any atom is -0.497 e. The van der Waals surface area contributed by atoms with Crippen molar-refractivity contribution in [2.24, 2.45) is 0 Å². The van der Waals surface area contributed by atoms with Gasteiger partial charge in [0.25, 0.3) is 0 Å². The van der Waals surface area contributed by atoms with Crippen molar-refractivity contribution >= 4 is 6.29 Å². The van der Waals surface area contributed by atoms with Crippen molar-refractivity contribution in [3.05, 3.63) is 23.3 Å². The molecule has 0 N–H and O–H groups in total. The van der Waals surface area contributed by atoms with Gasteiger partial charge in [0.1, 0.15) is 18.1 Å². The third-order valence-electron chi connectivity index (χ3n) is 1.97. The first kappa shape index (κ1) is 14.5. The summed E-state index contributed by atoms with van der Waals surface area (Å²) >= 11 is 0. The first-order chi connectivity index (χ1) is 7.69. The highest BCUT2D eigenvalue weighted by Gasteiger charge is 2.06. The van der Waals surface area contributed by atoms with Crippen molar-refractivity contribution < 1.29 is 14.3 Å². The number of carbonyl (C=O) groups is 1. The van der Waals surface area contributed by atoms with Crippen molar-refractivity contribution in [2.45, 2.75) is 27.7 Å². The molecule has 16 heavy (non-hydrogen) atoms. The largest absolute Gasteiger partial charge is 0.497 e. The van der Waals surface area contributed by atoms with Crippen LogP contribution in [-0.4, -0.2) is 20.0 Å². The van der Waals surface area contributed by atoms with Crippen LogP contribution in [0.3, 0.4) is 0 Å². The molecule has 0 radical (unpaired) electrons. The molecule has 1 rings (SSSR count). The number of hydrogen-bond donors (Lipinski definition) is 0. The number of ether oxygens (including phenoxy) is 2. The molecule has 90 valence electrons. The van der Waals surface area contributed by atoms with E-state index in [0.29, 0.717) is 0 Å². The molecule has 0 atom stereocenters. The third kappa shape index (κ3) is 3.93. The fourth-order valence-corrected chi connectivity index (χ4v) is 1.37. The molecule has 0 spiro atoms. The molecule has 1 aromatic rings. The van der Waals surface area contributed by atoms with Gasteiger partial charge in [0.15, 0.2) is 6.29 Å².